The number of fused-ring (bicyclic) bond motifs is 2. The van der Waals surface area contributed by atoms with E-state index in [0.29, 0.717) is 5.54 Å². The van der Waals surface area contributed by atoms with Crippen molar-refractivity contribution in [3.8, 4) is 0 Å². The third-order valence-electron chi connectivity index (χ3n) is 9.25. The van der Waals surface area contributed by atoms with Gasteiger partial charge in [0, 0.05) is 17.6 Å². The van der Waals surface area contributed by atoms with Crippen LogP contribution in [0.2, 0.25) is 0 Å². The van der Waals surface area contributed by atoms with Gasteiger partial charge in [-0.3, -0.25) is 0 Å². The summed E-state index contributed by atoms with van der Waals surface area (Å²) in [4.78, 5) is 2.62. The van der Waals surface area contributed by atoms with E-state index in [0.717, 1.165) is 24.3 Å². The topological polar surface area (TPSA) is 27.3 Å². The van der Waals surface area contributed by atoms with Crippen LogP contribution in [0.4, 0.5) is 17.1 Å². The molecule has 4 fully saturated rings. The van der Waals surface area contributed by atoms with Crippen molar-refractivity contribution in [1.82, 2.24) is 0 Å². The van der Waals surface area contributed by atoms with E-state index in [2.05, 4.69) is 83.1 Å². The van der Waals surface area contributed by atoms with Crippen LogP contribution in [0.3, 0.4) is 0 Å². The number of anilines is 3. The van der Waals surface area contributed by atoms with Crippen LogP contribution in [-0.4, -0.2) is 12.1 Å². The minimum Gasteiger partial charge on any atom is -0.378 e. The molecule has 1 unspecified atom stereocenters. The highest BCUT2D eigenvalue weighted by atomic mass is 15.3. The SMILES string of the molecule is CCCCN1c2cccc(NC34CC5CC(CC(C5)C3)C4)c2NC1c1cccc2ccccc12. The van der Waals surface area contributed by atoms with Gasteiger partial charge in [-0.25, -0.2) is 0 Å². The van der Waals surface area contributed by atoms with Gasteiger partial charge in [-0.15, -0.1) is 0 Å². The lowest BCUT2D eigenvalue weighted by molar-refractivity contribution is 0.0107. The summed E-state index contributed by atoms with van der Waals surface area (Å²) in [5, 5.41) is 10.9. The van der Waals surface area contributed by atoms with Crippen molar-refractivity contribution in [1.29, 1.82) is 0 Å². The van der Waals surface area contributed by atoms with Gasteiger partial charge in [0.15, 0.2) is 0 Å². The number of benzene rings is 3. The highest BCUT2D eigenvalue weighted by molar-refractivity contribution is 5.92. The molecule has 1 aliphatic heterocycles. The van der Waals surface area contributed by atoms with E-state index in [-0.39, 0.29) is 6.17 Å². The van der Waals surface area contributed by atoms with Crippen LogP contribution < -0.4 is 15.5 Å². The van der Waals surface area contributed by atoms with Gasteiger partial charge in [0.1, 0.15) is 6.17 Å². The largest absolute Gasteiger partial charge is 0.378 e. The first kappa shape index (κ1) is 20.7. The molecule has 3 aromatic carbocycles. The minimum absolute atomic E-state index is 0.173. The quantitative estimate of drug-likeness (QED) is 0.398. The molecule has 3 aromatic rings. The molecule has 4 bridgehead atoms. The van der Waals surface area contributed by atoms with Crippen molar-refractivity contribution in [3.05, 3.63) is 66.2 Å². The Morgan fingerprint density at radius 1 is 0.882 bits per heavy atom. The van der Waals surface area contributed by atoms with Crippen molar-refractivity contribution >= 4 is 27.8 Å². The summed E-state index contributed by atoms with van der Waals surface area (Å²) in [6, 6.07) is 22.5. The van der Waals surface area contributed by atoms with Gasteiger partial charge in [-0.05, 0) is 85.6 Å². The highest BCUT2D eigenvalue weighted by Crippen LogP contribution is 2.57. The molecule has 2 N–H and O–H groups in total. The Labute approximate surface area is 203 Å². The molecule has 1 heterocycles. The maximum Gasteiger partial charge on any atom is 0.126 e. The second-order valence-corrected chi connectivity index (χ2v) is 11.7. The van der Waals surface area contributed by atoms with Crippen LogP contribution in [0.1, 0.15) is 70.0 Å². The molecule has 4 aliphatic carbocycles. The van der Waals surface area contributed by atoms with Crippen molar-refractivity contribution in [2.24, 2.45) is 17.8 Å². The van der Waals surface area contributed by atoms with Gasteiger partial charge in [0.2, 0.25) is 0 Å². The Hall–Kier alpha value is -2.68. The molecule has 0 radical (unpaired) electrons. The third kappa shape index (κ3) is 3.31. The molecule has 3 nitrogen and oxygen atoms in total. The molecule has 4 saturated carbocycles. The fraction of sp³-hybridized carbons (Fsp3) is 0.484. The fourth-order valence-corrected chi connectivity index (χ4v) is 8.25. The number of unbranched alkanes of at least 4 members (excludes halogenated alkanes) is 1. The first-order valence-corrected chi connectivity index (χ1v) is 13.6. The molecule has 1 atom stereocenters. The molecule has 176 valence electrons. The summed E-state index contributed by atoms with van der Waals surface area (Å²) >= 11 is 0. The number of hydrogen-bond donors (Lipinski definition) is 2. The monoisotopic (exact) mass is 451 g/mol. The van der Waals surface area contributed by atoms with Gasteiger partial charge < -0.3 is 15.5 Å². The second-order valence-electron chi connectivity index (χ2n) is 11.7. The first-order valence-electron chi connectivity index (χ1n) is 13.6. The number of hydrogen-bond acceptors (Lipinski definition) is 3. The van der Waals surface area contributed by atoms with E-state index in [1.165, 1.54) is 84.8 Å². The van der Waals surface area contributed by atoms with Gasteiger partial charge in [-0.1, -0.05) is 61.9 Å². The maximum atomic E-state index is 4.18. The van der Waals surface area contributed by atoms with Crippen molar-refractivity contribution < 1.29 is 0 Å². The Morgan fingerprint density at radius 2 is 1.59 bits per heavy atom. The number of para-hydroxylation sites is 1. The summed E-state index contributed by atoms with van der Waals surface area (Å²) in [6.07, 6.45) is 11.2. The summed E-state index contributed by atoms with van der Waals surface area (Å²) in [5.74, 6) is 2.86. The summed E-state index contributed by atoms with van der Waals surface area (Å²) in [7, 11) is 0. The van der Waals surface area contributed by atoms with Crippen LogP contribution >= 0.6 is 0 Å². The summed E-state index contributed by atoms with van der Waals surface area (Å²) in [6.45, 7) is 3.37. The molecule has 5 aliphatic rings. The summed E-state index contributed by atoms with van der Waals surface area (Å²) < 4.78 is 0. The summed E-state index contributed by atoms with van der Waals surface area (Å²) in [5.41, 5.74) is 5.69. The number of rotatable bonds is 6. The maximum absolute atomic E-state index is 4.18. The normalized spacial score (nSPS) is 31.0. The lowest BCUT2D eigenvalue weighted by atomic mass is 9.53. The van der Waals surface area contributed by atoms with Gasteiger partial charge >= 0.3 is 0 Å². The molecular weight excluding hydrogens is 414 g/mol. The fourth-order valence-electron chi connectivity index (χ4n) is 8.25. The minimum atomic E-state index is 0.173. The van der Waals surface area contributed by atoms with E-state index >= 15 is 0 Å². The predicted molar refractivity (Wildman–Crippen MR) is 144 cm³/mol. The van der Waals surface area contributed by atoms with Crippen molar-refractivity contribution in [3.63, 3.8) is 0 Å². The Morgan fingerprint density at radius 3 is 2.35 bits per heavy atom. The Bertz CT molecular complexity index is 1170. The molecule has 0 saturated heterocycles. The molecule has 0 aromatic heterocycles. The second kappa shape index (κ2) is 7.93. The van der Waals surface area contributed by atoms with Gasteiger partial charge in [0.05, 0.1) is 17.1 Å². The zero-order chi connectivity index (χ0) is 22.7. The van der Waals surface area contributed by atoms with Crippen LogP contribution in [0, 0.1) is 17.8 Å². The number of nitrogens with one attached hydrogen (secondary N) is 2. The zero-order valence-corrected chi connectivity index (χ0v) is 20.4. The van der Waals surface area contributed by atoms with E-state index in [1.54, 1.807) is 0 Å². The standard InChI is InChI=1S/C31H37N3/c1-2-3-14-34-28-13-7-12-27(33-31-18-21-15-22(19-31)17-23(16-21)20-31)29(28)32-30(34)26-11-6-9-24-8-4-5-10-25(24)26/h4-13,21-23,30,32-33H,2-3,14-20H2,1H3. The smallest absolute Gasteiger partial charge is 0.126 e. The van der Waals surface area contributed by atoms with E-state index < -0.39 is 0 Å². The molecule has 3 heteroatoms. The van der Waals surface area contributed by atoms with Crippen LogP contribution in [0.5, 0.6) is 0 Å². The molecular formula is C31H37N3. The number of nitrogens with zero attached hydrogens (tertiary/aromatic N) is 1. The van der Waals surface area contributed by atoms with Crippen molar-refractivity contribution in [2.75, 3.05) is 22.1 Å². The van der Waals surface area contributed by atoms with Crippen LogP contribution in [-0.2, 0) is 0 Å². The Balaban J connectivity index is 1.26. The van der Waals surface area contributed by atoms with Crippen molar-refractivity contribution in [2.45, 2.75) is 70.0 Å². The lowest BCUT2D eigenvalue weighted by Crippen LogP contribution is -2.54. The first-order chi connectivity index (χ1) is 16.7. The van der Waals surface area contributed by atoms with E-state index in [1.807, 2.05) is 0 Å². The van der Waals surface area contributed by atoms with E-state index in [4.69, 9.17) is 0 Å². The molecule has 0 spiro atoms. The average molecular weight is 452 g/mol. The molecule has 0 amide bonds. The Kier molecular flexibility index (Phi) is 4.82. The average Bonchev–Trinajstić information content (AvgIpc) is 3.20. The molecule has 8 rings (SSSR count). The predicted octanol–water partition coefficient (Wildman–Crippen LogP) is 7.95. The van der Waals surface area contributed by atoms with E-state index in [9.17, 15) is 0 Å². The van der Waals surface area contributed by atoms with Crippen LogP contribution in [0.15, 0.2) is 60.7 Å². The highest BCUT2D eigenvalue weighted by Gasteiger charge is 2.51. The van der Waals surface area contributed by atoms with Crippen LogP contribution in [0.25, 0.3) is 10.8 Å². The third-order valence-corrected chi connectivity index (χ3v) is 9.25. The molecule has 34 heavy (non-hydrogen) atoms. The van der Waals surface area contributed by atoms with Gasteiger partial charge in [0.25, 0.3) is 0 Å². The zero-order valence-electron chi connectivity index (χ0n) is 20.4. The lowest BCUT2D eigenvalue weighted by Gasteiger charge is -2.57. The van der Waals surface area contributed by atoms with Gasteiger partial charge in [-0.2, -0.15) is 0 Å².